The van der Waals surface area contributed by atoms with Crippen LogP contribution >= 0.6 is 0 Å². The number of phenolic OH excluding ortho intramolecular Hbond substituents is 1. The van der Waals surface area contributed by atoms with E-state index in [2.05, 4.69) is 10.6 Å². The molecule has 0 spiro atoms. The lowest BCUT2D eigenvalue weighted by Gasteiger charge is -2.11. The number of aliphatic carboxylic acids is 1. The van der Waals surface area contributed by atoms with E-state index in [1.54, 1.807) is 42.5 Å². The monoisotopic (exact) mass is 396 g/mol. The van der Waals surface area contributed by atoms with Crippen LogP contribution in [0.5, 0.6) is 5.75 Å². The van der Waals surface area contributed by atoms with Crippen LogP contribution in [0, 0.1) is 0 Å². The van der Waals surface area contributed by atoms with Crippen molar-refractivity contribution in [3.63, 3.8) is 0 Å². The van der Waals surface area contributed by atoms with E-state index in [-0.39, 0.29) is 17.9 Å². The molecule has 7 nitrogen and oxygen atoms in total. The van der Waals surface area contributed by atoms with Crippen LogP contribution in [-0.2, 0) is 9.59 Å². The van der Waals surface area contributed by atoms with Crippen LogP contribution in [0.25, 0.3) is 6.08 Å². The molecule has 2 aromatic rings. The molecule has 0 bridgehead atoms. The molecule has 2 aromatic carbocycles. The third-order valence-corrected chi connectivity index (χ3v) is 4.09. The summed E-state index contributed by atoms with van der Waals surface area (Å²) in [5.74, 6) is -1.59. The van der Waals surface area contributed by atoms with Crippen molar-refractivity contribution in [3.8, 4) is 5.75 Å². The average Bonchev–Trinajstić information content (AvgIpc) is 2.71. The third-order valence-electron chi connectivity index (χ3n) is 4.09. The Bertz CT molecular complexity index is 861. The lowest BCUT2D eigenvalue weighted by molar-refractivity contribution is -0.137. The number of hydrogen-bond donors (Lipinski definition) is 4. The number of aromatic hydroxyl groups is 1. The summed E-state index contributed by atoms with van der Waals surface area (Å²) in [5.41, 5.74) is 1.14. The zero-order chi connectivity index (χ0) is 21.1. The minimum atomic E-state index is -0.836. The molecule has 2 amide bonds. The highest BCUT2D eigenvalue weighted by atomic mass is 16.4. The molecular formula is C22H24N2O5. The van der Waals surface area contributed by atoms with Gasteiger partial charge >= 0.3 is 5.97 Å². The Balaban J connectivity index is 2.03. The first kappa shape index (κ1) is 21.7. The minimum absolute atomic E-state index is 0.0788. The van der Waals surface area contributed by atoms with E-state index in [1.807, 2.05) is 0 Å². The molecule has 0 aliphatic rings. The summed E-state index contributed by atoms with van der Waals surface area (Å²) in [4.78, 5) is 35.6. The summed E-state index contributed by atoms with van der Waals surface area (Å²) in [6, 6.07) is 14.8. The SMILES string of the molecule is O=C(O)CCCCCNC(=O)/C(=C\c1ccc(O)cc1)NC(=O)c1ccccc1. The molecule has 7 heteroatoms. The molecule has 0 radical (unpaired) electrons. The van der Waals surface area contributed by atoms with Crippen LogP contribution < -0.4 is 10.6 Å². The number of carbonyl (C=O) groups excluding carboxylic acids is 2. The van der Waals surface area contributed by atoms with Gasteiger partial charge in [-0.3, -0.25) is 14.4 Å². The van der Waals surface area contributed by atoms with E-state index in [1.165, 1.54) is 18.2 Å². The van der Waals surface area contributed by atoms with Crippen molar-refractivity contribution in [2.75, 3.05) is 6.54 Å². The summed E-state index contributed by atoms with van der Waals surface area (Å²) >= 11 is 0. The molecule has 0 saturated carbocycles. The molecule has 29 heavy (non-hydrogen) atoms. The van der Waals surface area contributed by atoms with Crippen molar-refractivity contribution < 1.29 is 24.6 Å². The predicted octanol–water partition coefficient (Wildman–Crippen LogP) is 2.92. The van der Waals surface area contributed by atoms with Gasteiger partial charge in [0.1, 0.15) is 11.4 Å². The number of rotatable bonds is 10. The average molecular weight is 396 g/mol. The molecule has 152 valence electrons. The molecule has 0 aromatic heterocycles. The van der Waals surface area contributed by atoms with Gasteiger partial charge in [0.15, 0.2) is 0 Å². The van der Waals surface area contributed by atoms with Crippen LogP contribution in [-0.4, -0.2) is 34.5 Å². The summed E-state index contributed by atoms with van der Waals surface area (Å²) < 4.78 is 0. The Morgan fingerprint density at radius 3 is 2.24 bits per heavy atom. The Kier molecular flexibility index (Phi) is 8.44. The molecule has 0 heterocycles. The molecule has 0 atom stereocenters. The Hall–Kier alpha value is -3.61. The first-order chi connectivity index (χ1) is 14.0. The zero-order valence-corrected chi connectivity index (χ0v) is 15.9. The van der Waals surface area contributed by atoms with Gasteiger partial charge in [-0.05, 0) is 48.7 Å². The number of carboxylic acid groups (broad SMARTS) is 1. The van der Waals surface area contributed by atoms with Crippen LogP contribution in [0.3, 0.4) is 0 Å². The maximum atomic E-state index is 12.6. The van der Waals surface area contributed by atoms with Crippen LogP contribution in [0.1, 0.15) is 41.6 Å². The number of benzene rings is 2. The number of amides is 2. The van der Waals surface area contributed by atoms with Crippen LogP contribution in [0.2, 0.25) is 0 Å². The van der Waals surface area contributed by atoms with Gasteiger partial charge in [-0.15, -0.1) is 0 Å². The van der Waals surface area contributed by atoms with E-state index in [9.17, 15) is 19.5 Å². The largest absolute Gasteiger partial charge is 0.508 e. The molecule has 0 aliphatic heterocycles. The second-order valence-electron chi connectivity index (χ2n) is 6.43. The fraction of sp³-hybridized carbons (Fsp3) is 0.227. The minimum Gasteiger partial charge on any atom is -0.508 e. The van der Waals surface area contributed by atoms with Gasteiger partial charge in [-0.25, -0.2) is 0 Å². The molecular weight excluding hydrogens is 372 g/mol. The summed E-state index contributed by atoms with van der Waals surface area (Å²) in [5, 5.41) is 23.4. The molecule has 4 N–H and O–H groups in total. The number of carbonyl (C=O) groups is 3. The predicted molar refractivity (Wildman–Crippen MR) is 109 cm³/mol. The van der Waals surface area contributed by atoms with Crippen molar-refractivity contribution in [1.82, 2.24) is 10.6 Å². The number of phenols is 1. The molecule has 0 unspecified atom stereocenters. The first-order valence-electron chi connectivity index (χ1n) is 9.33. The van der Waals surface area contributed by atoms with E-state index in [4.69, 9.17) is 5.11 Å². The molecule has 2 rings (SSSR count). The van der Waals surface area contributed by atoms with Gasteiger partial charge in [0, 0.05) is 18.5 Å². The fourth-order valence-electron chi connectivity index (χ4n) is 2.55. The number of unbranched alkanes of at least 4 members (excludes halogenated alkanes) is 2. The summed E-state index contributed by atoms with van der Waals surface area (Å²) in [6.45, 7) is 0.368. The quantitative estimate of drug-likeness (QED) is 0.364. The topological polar surface area (TPSA) is 116 Å². The highest BCUT2D eigenvalue weighted by molar-refractivity contribution is 6.05. The van der Waals surface area contributed by atoms with Gasteiger partial charge in [0.25, 0.3) is 11.8 Å². The molecule has 0 aliphatic carbocycles. The van der Waals surface area contributed by atoms with Crippen LogP contribution in [0.15, 0.2) is 60.3 Å². The van der Waals surface area contributed by atoms with E-state index < -0.39 is 17.8 Å². The van der Waals surface area contributed by atoms with Crippen molar-refractivity contribution >= 4 is 23.9 Å². The van der Waals surface area contributed by atoms with E-state index >= 15 is 0 Å². The maximum Gasteiger partial charge on any atom is 0.303 e. The van der Waals surface area contributed by atoms with Crippen molar-refractivity contribution in [1.29, 1.82) is 0 Å². The van der Waals surface area contributed by atoms with Gasteiger partial charge in [-0.2, -0.15) is 0 Å². The van der Waals surface area contributed by atoms with Gasteiger partial charge in [0.05, 0.1) is 0 Å². The van der Waals surface area contributed by atoms with Crippen molar-refractivity contribution in [2.24, 2.45) is 0 Å². The third kappa shape index (κ3) is 7.88. The van der Waals surface area contributed by atoms with Gasteiger partial charge < -0.3 is 20.8 Å². The van der Waals surface area contributed by atoms with E-state index in [0.717, 1.165) is 0 Å². The van der Waals surface area contributed by atoms with Gasteiger partial charge in [0.2, 0.25) is 0 Å². The zero-order valence-electron chi connectivity index (χ0n) is 15.9. The summed E-state index contributed by atoms with van der Waals surface area (Å²) in [6.07, 6.45) is 3.50. The molecule has 0 fully saturated rings. The van der Waals surface area contributed by atoms with E-state index in [0.29, 0.717) is 36.9 Å². The van der Waals surface area contributed by atoms with Crippen molar-refractivity contribution in [3.05, 3.63) is 71.4 Å². The first-order valence-corrected chi connectivity index (χ1v) is 9.33. The number of nitrogens with one attached hydrogen (secondary N) is 2. The standard InChI is InChI=1S/C22H24N2O5/c25-18-12-10-16(11-13-18)15-19(24-21(28)17-7-3-1-4-8-17)22(29)23-14-6-2-5-9-20(26)27/h1,3-4,7-8,10-13,15,25H,2,5-6,9,14H2,(H,23,29)(H,24,28)(H,26,27)/b19-15+. The highest BCUT2D eigenvalue weighted by Gasteiger charge is 2.14. The normalized spacial score (nSPS) is 11.0. The summed E-state index contributed by atoms with van der Waals surface area (Å²) in [7, 11) is 0. The second kappa shape index (κ2) is 11.3. The smallest absolute Gasteiger partial charge is 0.303 e. The number of carboxylic acids is 1. The fourth-order valence-corrected chi connectivity index (χ4v) is 2.55. The van der Waals surface area contributed by atoms with Crippen molar-refractivity contribution in [2.45, 2.75) is 25.7 Å². The second-order valence-corrected chi connectivity index (χ2v) is 6.43. The Morgan fingerprint density at radius 2 is 1.59 bits per heavy atom. The molecule has 0 saturated heterocycles. The maximum absolute atomic E-state index is 12.6. The Morgan fingerprint density at radius 1 is 0.897 bits per heavy atom. The van der Waals surface area contributed by atoms with Gasteiger partial charge in [-0.1, -0.05) is 36.8 Å². The Labute approximate surface area is 169 Å². The number of hydrogen-bond acceptors (Lipinski definition) is 4. The van der Waals surface area contributed by atoms with Crippen LogP contribution in [0.4, 0.5) is 0 Å². The lowest BCUT2D eigenvalue weighted by atomic mass is 10.1. The lowest BCUT2D eigenvalue weighted by Crippen LogP contribution is -2.35. The highest BCUT2D eigenvalue weighted by Crippen LogP contribution is 2.13.